The summed E-state index contributed by atoms with van der Waals surface area (Å²) < 4.78 is 0. The molecular weight excluding hydrogens is 338 g/mol. The van der Waals surface area contributed by atoms with Gasteiger partial charge >= 0.3 is 0 Å². The molecule has 0 amide bonds. The van der Waals surface area contributed by atoms with Gasteiger partial charge in [0.15, 0.2) is 11.5 Å². The Morgan fingerprint density at radius 1 is 0.556 bits per heavy atom. The zero-order chi connectivity index (χ0) is 18.1. The van der Waals surface area contributed by atoms with Gasteiger partial charge in [0.1, 0.15) is 5.52 Å². The van der Waals surface area contributed by atoms with Crippen LogP contribution in [0.15, 0.2) is 0 Å². The van der Waals surface area contributed by atoms with Crippen molar-refractivity contribution in [2.45, 2.75) is 57.8 Å². The van der Waals surface area contributed by atoms with Crippen molar-refractivity contribution in [1.29, 1.82) is 0 Å². The van der Waals surface area contributed by atoms with Gasteiger partial charge in [0, 0.05) is 39.3 Å². The summed E-state index contributed by atoms with van der Waals surface area (Å²) in [6, 6.07) is 0. The number of nitrogens with one attached hydrogen (secondary N) is 1. The van der Waals surface area contributed by atoms with E-state index in [2.05, 4.69) is 19.7 Å². The third-order valence-corrected chi connectivity index (χ3v) is 6.26. The van der Waals surface area contributed by atoms with Gasteiger partial charge in [-0.1, -0.05) is 0 Å². The van der Waals surface area contributed by atoms with Gasteiger partial charge in [0.2, 0.25) is 11.9 Å². The molecule has 2 aromatic heterocycles. The molecule has 1 N–H and O–H groups in total. The lowest BCUT2D eigenvalue weighted by atomic mass is 10.1. The highest BCUT2D eigenvalue weighted by molar-refractivity contribution is 5.86. The fourth-order valence-electron chi connectivity index (χ4n) is 4.68. The lowest BCUT2D eigenvalue weighted by Gasteiger charge is -2.30. The van der Waals surface area contributed by atoms with Crippen LogP contribution in [0.25, 0.3) is 11.2 Å². The van der Waals surface area contributed by atoms with E-state index in [-0.39, 0.29) is 0 Å². The monoisotopic (exact) mass is 369 g/mol. The molecule has 0 bridgehead atoms. The van der Waals surface area contributed by atoms with E-state index >= 15 is 0 Å². The fraction of sp³-hybridized carbons (Fsp3) is 0.750. The highest BCUT2D eigenvalue weighted by atomic mass is 15.3. The molecule has 146 valence electrons. The van der Waals surface area contributed by atoms with Gasteiger partial charge in [-0.15, -0.1) is 0 Å². The normalized spacial score (nSPS) is 21.9. The molecule has 27 heavy (non-hydrogen) atoms. The van der Waals surface area contributed by atoms with Gasteiger partial charge in [-0.3, -0.25) is 0 Å². The summed E-state index contributed by atoms with van der Waals surface area (Å²) in [5, 5.41) is 0. The van der Waals surface area contributed by atoms with E-state index < -0.39 is 0 Å². The standard InChI is InChI=1S/C20H31N7/c1-4-10-25(11-5-1)18-16-17(22-19(21-16)26-12-6-2-7-13-26)23-20(24-18)27-14-8-3-9-15-27/h1-15H2,(H,21,22,23,24). The predicted molar refractivity (Wildman–Crippen MR) is 110 cm³/mol. The third kappa shape index (κ3) is 3.44. The van der Waals surface area contributed by atoms with Crippen molar-refractivity contribution in [3.8, 4) is 0 Å². The van der Waals surface area contributed by atoms with E-state index in [4.69, 9.17) is 15.0 Å². The second-order valence-corrected chi connectivity index (χ2v) is 8.25. The maximum Gasteiger partial charge on any atom is 0.229 e. The molecule has 3 saturated heterocycles. The summed E-state index contributed by atoms with van der Waals surface area (Å²) >= 11 is 0. The van der Waals surface area contributed by atoms with Crippen LogP contribution in [-0.2, 0) is 0 Å². The van der Waals surface area contributed by atoms with Crippen molar-refractivity contribution in [2.24, 2.45) is 0 Å². The Morgan fingerprint density at radius 3 is 1.74 bits per heavy atom. The predicted octanol–water partition coefficient (Wildman–Crippen LogP) is 3.32. The number of fused-ring (bicyclic) bond motifs is 1. The second-order valence-electron chi connectivity index (χ2n) is 8.25. The first-order valence-corrected chi connectivity index (χ1v) is 10.9. The van der Waals surface area contributed by atoms with Gasteiger partial charge in [0.25, 0.3) is 0 Å². The molecule has 0 radical (unpaired) electrons. The Kier molecular flexibility index (Phi) is 4.76. The van der Waals surface area contributed by atoms with Crippen LogP contribution < -0.4 is 14.7 Å². The van der Waals surface area contributed by atoms with E-state index in [0.717, 1.165) is 68.1 Å². The molecule has 0 saturated carbocycles. The summed E-state index contributed by atoms with van der Waals surface area (Å²) in [7, 11) is 0. The molecule has 3 aliphatic heterocycles. The van der Waals surface area contributed by atoms with E-state index in [1.54, 1.807) is 0 Å². The van der Waals surface area contributed by atoms with Crippen LogP contribution in [0.5, 0.6) is 0 Å². The third-order valence-electron chi connectivity index (χ3n) is 6.26. The molecule has 5 heterocycles. The minimum Gasteiger partial charge on any atom is -0.355 e. The highest BCUT2D eigenvalue weighted by Gasteiger charge is 2.24. The topological polar surface area (TPSA) is 64.2 Å². The number of H-pyrrole nitrogens is 1. The molecule has 0 unspecified atom stereocenters. The molecule has 0 spiro atoms. The first kappa shape index (κ1) is 17.1. The van der Waals surface area contributed by atoms with Crippen molar-refractivity contribution in [3.05, 3.63) is 0 Å². The maximum absolute atomic E-state index is 5.06. The second kappa shape index (κ2) is 7.52. The van der Waals surface area contributed by atoms with Crippen LogP contribution in [-0.4, -0.2) is 59.2 Å². The number of hydrogen-bond acceptors (Lipinski definition) is 6. The smallest absolute Gasteiger partial charge is 0.229 e. The largest absolute Gasteiger partial charge is 0.355 e. The summed E-state index contributed by atoms with van der Waals surface area (Å²) in [6.07, 6.45) is 11.4. The molecule has 5 rings (SSSR count). The molecule has 7 heteroatoms. The number of piperidine rings is 3. The Hall–Kier alpha value is -2.05. The molecular formula is C20H31N7. The van der Waals surface area contributed by atoms with E-state index in [0.29, 0.717) is 0 Å². The average molecular weight is 370 g/mol. The zero-order valence-corrected chi connectivity index (χ0v) is 16.3. The van der Waals surface area contributed by atoms with Crippen molar-refractivity contribution in [3.63, 3.8) is 0 Å². The number of aromatic nitrogens is 4. The van der Waals surface area contributed by atoms with Gasteiger partial charge in [-0.05, 0) is 57.8 Å². The van der Waals surface area contributed by atoms with Crippen LogP contribution in [0.2, 0.25) is 0 Å². The van der Waals surface area contributed by atoms with E-state index in [1.165, 1.54) is 57.8 Å². The molecule has 0 atom stereocenters. The van der Waals surface area contributed by atoms with Crippen LogP contribution >= 0.6 is 0 Å². The van der Waals surface area contributed by atoms with Crippen LogP contribution in [0.1, 0.15) is 57.8 Å². The zero-order valence-electron chi connectivity index (χ0n) is 16.3. The van der Waals surface area contributed by atoms with Crippen LogP contribution in [0.4, 0.5) is 17.7 Å². The first-order chi connectivity index (χ1) is 13.4. The van der Waals surface area contributed by atoms with Gasteiger partial charge in [0.05, 0.1) is 0 Å². The number of hydrogen-bond donors (Lipinski definition) is 1. The molecule has 0 aliphatic carbocycles. The summed E-state index contributed by atoms with van der Waals surface area (Å²) in [6.45, 7) is 6.48. The van der Waals surface area contributed by atoms with E-state index in [9.17, 15) is 0 Å². The molecule has 0 aromatic carbocycles. The summed E-state index contributed by atoms with van der Waals surface area (Å²) in [4.78, 5) is 25.6. The molecule has 3 fully saturated rings. The fourth-order valence-corrected chi connectivity index (χ4v) is 4.68. The molecule has 2 aromatic rings. The van der Waals surface area contributed by atoms with E-state index in [1.807, 2.05) is 0 Å². The minimum absolute atomic E-state index is 0.840. The summed E-state index contributed by atoms with van der Waals surface area (Å²) in [5.74, 6) is 2.92. The van der Waals surface area contributed by atoms with Crippen molar-refractivity contribution in [2.75, 3.05) is 54.0 Å². The number of aromatic amines is 1. The Balaban J connectivity index is 1.55. The summed E-state index contributed by atoms with van der Waals surface area (Å²) in [5.41, 5.74) is 1.87. The Bertz CT molecular complexity index is 768. The number of imidazole rings is 1. The SMILES string of the molecule is C1CCN(c2nc(N3CCCCC3)c3[nH]c(N4CCCCC4)nc3n2)CC1. The van der Waals surface area contributed by atoms with Crippen molar-refractivity contribution >= 4 is 28.9 Å². The van der Waals surface area contributed by atoms with Crippen molar-refractivity contribution in [1.82, 2.24) is 19.9 Å². The molecule has 3 aliphatic rings. The number of nitrogens with zero attached hydrogens (tertiary/aromatic N) is 6. The maximum atomic E-state index is 5.06. The van der Waals surface area contributed by atoms with Gasteiger partial charge in [-0.25, -0.2) is 0 Å². The Labute approximate surface area is 161 Å². The molecule has 7 nitrogen and oxygen atoms in total. The first-order valence-electron chi connectivity index (χ1n) is 10.9. The minimum atomic E-state index is 0.840. The quantitative estimate of drug-likeness (QED) is 0.895. The van der Waals surface area contributed by atoms with Gasteiger partial charge in [-0.2, -0.15) is 15.0 Å². The number of rotatable bonds is 3. The highest BCUT2D eigenvalue weighted by Crippen LogP contribution is 2.30. The van der Waals surface area contributed by atoms with Crippen LogP contribution in [0, 0.1) is 0 Å². The van der Waals surface area contributed by atoms with Gasteiger partial charge < -0.3 is 19.7 Å². The van der Waals surface area contributed by atoms with Crippen molar-refractivity contribution < 1.29 is 0 Å². The number of anilines is 3. The lowest BCUT2D eigenvalue weighted by Crippen LogP contribution is -2.33. The average Bonchev–Trinajstić information content (AvgIpc) is 3.19. The Morgan fingerprint density at radius 2 is 1.11 bits per heavy atom. The van der Waals surface area contributed by atoms with Crippen LogP contribution in [0.3, 0.4) is 0 Å². The lowest BCUT2D eigenvalue weighted by molar-refractivity contribution is 0.562.